The van der Waals surface area contributed by atoms with Crippen LogP contribution in [0.5, 0.6) is 0 Å². The molecule has 19 heavy (non-hydrogen) atoms. The highest BCUT2D eigenvalue weighted by Gasteiger charge is 2.16. The van der Waals surface area contributed by atoms with E-state index in [0.717, 1.165) is 19.4 Å². The van der Waals surface area contributed by atoms with Crippen molar-refractivity contribution >= 4 is 17.3 Å². The predicted octanol–water partition coefficient (Wildman–Crippen LogP) is 2.01. The Morgan fingerprint density at radius 2 is 2.21 bits per heavy atom. The molecule has 0 saturated carbocycles. The smallest absolute Gasteiger partial charge is 0.276 e. The first-order valence-electron chi connectivity index (χ1n) is 6.45. The summed E-state index contributed by atoms with van der Waals surface area (Å²) in [4.78, 5) is 14.7. The molecule has 2 N–H and O–H groups in total. The Labute approximate surface area is 111 Å². The van der Waals surface area contributed by atoms with E-state index in [1.807, 2.05) is 6.92 Å². The highest BCUT2D eigenvalue weighted by molar-refractivity contribution is 5.54. The van der Waals surface area contributed by atoms with Crippen LogP contribution in [0.2, 0.25) is 0 Å². The Bertz CT molecular complexity index is 447. The largest absolute Gasteiger partial charge is 0.376 e. The normalized spacial score (nSPS) is 18.3. The fourth-order valence-electron chi connectivity index (χ4n) is 2.01. The number of nitrogens with zero attached hydrogens (tertiary/aromatic N) is 2. The number of pyridine rings is 1. The van der Waals surface area contributed by atoms with Crippen LogP contribution in [0.25, 0.3) is 0 Å². The molecule has 104 valence electrons. The molecule has 7 heteroatoms. The van der Waals surface area contributed by atoms with Crippen LogP contribution in [0.15, 0.2) is 12.1 Å². The number of ether oxygens (including phenoxy) is 1. The number of rotatable bonds is 6. The first-order valence-corrected chi connectivity index (χ1v) is 6.45. The molecule has 1 unspecified atom stereocenters. The Morgan fingerprint density at radius 1 is 1.47 bits per heavy atom. The molecular formula is C12H18N4O3. The van der Waals surface area contributed by atoms with Gasteiger partial charge < -0.3 is 15.4 Å². The van der Waals surface area contributed by atoms with E-state index in [-0.39, 0.29) is 11.8 Å². The standard InChI is InChI=1S/C12H18N4O3/c1-2-13-11-6-9(16(17)18)7-12(15-11)14-8-10-4-3-5-19-10/h6-7,10H,2-5,8H2,1H3,(H2,13,14,15). The first kappa shape index (κ1) is 13.5. The average Bonchev–Trinajstić information content (AvgIpc) is 2.89. The second kappa shape index (κ2) is 6.33. The molecule has 1 saturated heterocycles. The van der Waals surface area contributed by atoms with Gasteiger partial charge in [0.2, 0.25) is 0 Å². The van der Waals surface area contributed by atoms with Crippen molar-refractivity contribution in [2.45, 2.75) is 25.9 Å². The van der Waals surface area contributed by atoms with Crippen molar-refractivity contribution in [2.75, 3.05) is 30.3 Å². The van der Waals surface area contributed by atoms with Gasteiger partial charge in [-0.15, -0.1) is 0 Å². The highest BCUT2D eigenvalue weighted by Crippen LogP contribution is 2.21. The van der Waals surface area contributed by atoms with Gasteiger partial charge in [-0.1, -0.05) is 0 Å². The van der Waals surface area contributed by atoms with Crippen molar-refractivity contribution in [3.05, 3.63) is 22.2 Å². The van der Waals surface area contributed by atoms with Gasteiger partial charge in [0, 0.05) is 19.7 Å². The SMILES string of the molecule is CCNc1cc([N+](=O)[O-])cc(NCC2CCCO2)n1. The quantitative estimate of drug-likeness (QED) is 0.604. The van der Waals surface area contributed by atoms with E-state index in [1.165, 1.54) is 12.1 Å². The third-order valence-electron chi connectivity index (χ3n) is 2.91. The van der Waals surface area contributed by atoms with E-state index in [2.05, 4.69) is 15.6 Å². The van der Waals surface area contributed by atoms with Crippen LogP contribution in [0.1, 0.15) is 19.8 Å². The summed E-state index contributed by atoms with van der Waals surface area (Å²) in [6.45, 7) is 4.00. The molecule has 1 aromatic heterocycles. The van der Waals surface area contributed by atoms with Crippen LogP contribution >= 0.6 is 0 Å². The molecule has 7 nitrogen and oxygen atoms in total. The molecule has 0 bridgehead atoms. The Morgan fingerprint density at radius 3 is 2.79 bits per heavy atom. The number of hydrogen-bond acceptors (Lipinski definition) is 6. The molecule has 0 aliphatic carbocycles. The maximum atomic E-state index is 10.9. The van der Waals surface area contributed by atoms with Crippen LogP contribution in [0.4, 0.5) is 17.3 Å². The van der Waals surface area contributed by atoms with Crippen molar-refractivity contribution in [3.8, 4) is 0 Å². The van der Waals surface area contributed by atoms with Crippen molar-refractivity contribution in [2.24, 2.45) is 0 Å². The minimum atomic E-state index is -0.417. The lowest BCUT2D eigenvalue weighted by Gasteiger charge is -2.12. The lowest BCUT2D eigenvalue weighted by atomic mass is 10.2. The van der Waals surface area contributed by atoms with E-state index in [0.29, 0.717) is 24.7 Å². The van der Waals surface area contributed by atoms with Gasteiger partial charge in [0.1, 0.15) is 11.6 Å². The lowest BCUT2D eigenvalue weighted by Crippen LogP contribution is -2.19. The molecule has 0 spiro atoms. The van der Waals surface area contributed by atoms with Crippen LogP contribution in [-0.4, -0.2) is 35.7 Å². The number of nitrogens with one attached hydrogen (secondary N) is 2. The number of anilines is 2. The third-order valence-corrected chi connectivity index (χ3v) is 2.91. The molecule has 0 amide bonds. The molecule has 0 radical (unpaired) electrons. The Balaban J connectivity index is 2.06. The molecule has 2 heterocycles. The summed E-state index contributed by atoms with van der Waals surface area (Å²) in [5.41, 5.74) is 0.0285. The van der Waals surface area contributed by atoms with Crippen molar-refractivity contribution in [3.63, 3.8) is 0 Å². The minimum Gasteiger partial charge on any atom is -0.376 e. The molecular weight excluding hydrogens is 248 g/mol. The summed E-state index contributed by atoms with van der Waals surface area (Å²) < 4.78 is 5.49. The maximum absolute atomic E-state index is 10.9. The molecule has 1 aliphatic heterocycles. The van der Waals surface area contributed by atoms with Crippen LogP contribution in [-0.2, 0) is 4.74 Å². The van der Waals surface area contributed by atoms with E-state index in [1.54, 1.807) is 0 Å². The first-order chi connectivity index (χ1) is 9.19. The number of aromatic nitrogens is 1. The van der Waals surface area contributed by atoms with Gasteiger partial charge in [-0.2, -0.15) is 0 Å². The predicted molar refractivity (Wildman–Crippen MR) is 72.5 cm³/mol. The molecule has 1 aliphatic rings. The van der Waals surface area contributed by atoms with Crippen LogP contribution in [0.3, 0.4) is 0 Å². The molecule has 1 fully saturated rings. The van der Waals surface area contributed by atoms with Crippen molar-refractivity contribution in [1.82, 2.24) is 4.98 Å². The minimum absolute atomic E-state index is 0.0285. The van der Waals surface area contributed by atoms with E-state index >= 15 is 0 Å². The summed E-state index contributed by atoms with van der Waals surface area (Å²) in [6, 6.07) is 2.87. The zero-order valence-electron chi connectivity index (χ0n) is 10.9. The van der Waals surface area contributed by atoms with Gasteiger partial charge in [-0.3, -0.25) is 10.1 Å². The summed E-state index contributed by atoms with van der Waals surface area (Å²) in [7, 11) is 0. The van der Waals surface area contributed by atoms with Gasteiger partial charge in [0.15, 0.2) is 0 Å². The van der Waals surface area contributed by atoms with Crippen LogP contribution in [0, 0.1) is 10.1 Å². The maximum Gasteiger partial charge on any atom is 0.276 e. The number of hydrogen-bond donors (Lipinski definition) is 2. The summed E-state index contributed by atoms with van der Waals surface area (Å²) in [5, 5.41) is 17.0. The van der Waals surface area contributed by atoms with E-state index in [4.69, 9.17) is 4.74 Å². The van der Waals surface area contributed by atoms with E-state index in [9.17, 15) is 10.1 Å². The van der Waals surface area contributed by atoms with Gasteiger partial charge in [0.25, 0.3) is 5.69 Å². The van der Waals surface area contributed by atoms with E-state index < -0.39 is 4.92 Å². The van der Waals surface area contributed by atoms with Gasteiger partial charge in [-0.05, 0) is 19.8 Å². The molecule has 0 aromatic carbocycles. The molecule has 1 aromatic rings. The van der Waals surface area contributed by atoms with Crippen LogP contribution < -0.4 is 10.6 Å². The third kappa shape index (κ3) is 3.78. The fraction of sp³-hybridized carbons (Fsp3) is 0.583. The lowest BCUT2D eigenvalue weighted by molar-refractivity contribution is -0.384. The highest BCUT2D eigenvalue weighted by atomic mass is 16.6. The second-order valence-electron chi connectivity index (χ2n) is 4.40. The second-order valence-corrected chi connectivity index (χ2v) is 4.40. The summed E-state index contributed by atoms with van der Waals surface area (Å²) >= 11 is 0. The topological polar surface area (TPSA) is 89.3 Å². The Kier molecular flexibility index (Phi) is 4.51. The zero-order chi connectivity index (χ0) is 13.7. The monoisotopic (exact) mass is 266 g/mol. The average molecular weight is 266 g/mol. The van der Waals surface area contributed by atoms with Crippen molar-refractivity contribution < 1.29 is 9.66 Å². The van der Waals surface area contributed by atoms with Gasteiger partial charge in [-0.25, -0.2) is 4.98 Å². The Hall–Kier alpha value is -1.89. The van der Waals surface area contributed by atoms with Gasteiger partial charge >= 0.3 is 0 Å². The van der Waals surface area contributed by atoms with Crippen molar-refractivity contribution in [1.29, 1.82) is 0 Å². The summed E-state index contributed by atoms with van der Waals surface area (Å²) in [6.07, 6.45) is 2.25. The molecule has 2 rings (SSSR count). The fourth-order valence-corrected chi connectivity index (χ4v) is 2.01. The zero-order valence-corrected chi connectivity index (χ0v) is 10.9. The summed E-state index contributed by atoms with van der Waals surface area (Å²) in [5.74, 6) is 1.01. The van der Waals surface area contributed by atoms with Gasteiger partial charge in [0.05, 0.1) is 23.2 Å². The molecule has 1 atom stereocenters. The number of nitro groups is 1.